The lowest BCUT2D eigenvalue weighted by Gasteiger charge is -2.22. The molecular weight excluding hydrogens is 305 g/mol. The Morgan fingerprint density at radius 3 is 2.67 bits per heavy atom. The summed E-state index contributed by atoms with van der Waals surface area (Å²) in [5, 5.41) is 3.37. The van der Waals surface area contributed by atoms with E-state index in [1.54, 1.807) is 19.2 Å². The predicted molar refractivity (Wildman–Crippen MR) is 95.4 cm³/mol. The zero-order valence-electron chi connectivity index (χ0n) is 14.7. The van der Waals surface area contributed by atoms with Crippen LogP contribution in [0.25, 0.3) is 0 Å². The minimum Gasteiger partial charge on any atom is -0.356 e. The first-order chi connectivity index (χ1) is 11.6. The maximum atomic E-state index is 13.0. The number of nitrogens with one attached hydrogen (secondary N) is 1. The van der Waals surface area contributed by atoms with Gasteiger partial charge in [-0.15, -0.1) is 0 Å². The minimum absolute atomic E-state index is 0.211. The summed E-state index contributed by atoms with van der Waals surface area (Å²) in [6.45, 7) is 4.56. The van der Waals surface area contributed by atoms with Crippen LogP contribution in [0.4, 0.5) is 4.39 Å². The summed E-state index contributed by atoms with van der Waals surface area (Å²) in [6.07, 6.45) is 5.99. The monoisotopic (exact) mass is 331 g/mol. The summed E-state index contributed by atoms with van der Waals surface area (Å²) < 4.78 is 15.1. The van der Waals surface area contributed by atoms with E-state index in [-0.39, 0.29) is 5.82 Å². The van der Waals surface area contributed by atoms with E-state index in [9.17, 15) is 4.39 Å². The van der Waals surface area contributed by atoms with E-state index in [0.717, 1.165) is 43.3 Å². The Morgan fingerprint density at radius 2 is 2.04 bits per heavy atom. The van der Waals surface area contributed by atoms with Gasteiger partial charge in [0, 0.05) is 46.1 Å². The third kappa shape index (κ3) is 5.37. The molecule has 2 rings (SSSR count). The molecule has 0 radical (unpaired) electrons. The molecule has 0 bridgehead atoms. The van der Waals surface area contributed by atoms with Crippen LogP contribution in [-0.2, 0) is 13.1 Å². The first-order valence-corrected chi connectivity index (χ1v) is 8.24. The predicted octanol–water partition coefficient (Wildman–Crippen LogP) is 2.82. The highest BCUT2D eigenvalue weighted by molar-refractivity contribution is 5.79. The van der Waals surface area contributed by atoms with Crippen LogP contribution in [0, 0.1) is 12.7 Å². The highest BCUT2D eigenvalue weighted by atomic mass is 19.1. The van der Waals surface area contributed by atoms with Crippen LogP contribution in [0.15, 0.2) is 41.7 Å². The van der Waals surface area contributed by atoms with Crippen LogP contribution < -0.4 is 5.32 Å². The summed E-state index contributed by atoms with van der Waals surface area (Å²) in [5.74, 6) is 1.69. The van der Waals surface area contributed by atoms with Crippen molar-refractivity contribution in [3.05, 3.63) is 53.9 Å². The van der Waals surface area contributed by atoms with Gasteiger partial charge in [0.25, 0.3) is 0 Å². The lowest BCUT2D eigenvalue weighted by atomic mass is 10.2. The van der Waals surface area contributed by atoms with Gasteiger partial charge in [-0.3, -0.25) is 4.99 Å². The van der Waals surface area contributed by atoms with Crippen LogP contribution in [0.3, 0.4) is 0 Å². The molecule has 0 amide bonds. The van der Waals surface area contributed by atoms with Crippen molar-refractivity contribution in [1.29, 1.82) is 0 Å². The Bertz CT molecular complexity index is 648. The molecule has 130 valence electrons. The van der Waals surface area contributed by atoms with Gasteiger partial charge in [-0.25, -0.2) is 9.37 Å². The van der Waals surface area contributed by atoms with Crippen LogP contribution in [0.1, 0.15) is 24.2 Å². The van der Waals surface area contributed by atoms with Crippen molar-refractivity contribution in [2.45, 2.75) is 32.9 Å². The molecule has 0 saturated carbocycles. The molecule has 0 aliphatic rings. The lowest BCUT2D eigenvalue weighted by molar-refractivity contribution is 0.472. The number of nitrogens with zero attached hydrogens (tertiary/aromatic N) is 4. The summed E-state index contributed by atoms with van der Waals surface area (Å²) in [4.78, 5) is 10.6. The van der Waals surface area contributed by atoms with Crippen molar-refractivity contribution in [2.24, 2.45) is 4.99 Å². The average molecular weight is 331 g/mol. The minimum atomic E-state index is -0.211. The second-order valence-corrected chi connectivity index (χ2v) is 5.83. The van der Waals surface area contributed by atoms with Crippen molar-refractivity contribution >= 4 is 5.96 Å². The van der Waals surface area contributed by atoms with Gasteiger partial charge >= 0.3 is 0 Å². The second-order valence-electron chi connectivity index (χ2n) is 5.83. The Morgan fingerprint density at radius 1 is 1.29 bits per heavy atom. The molecule has 0 unspecified atom stereocenters. The van der Waals surface area contributed by atoms with Crippen LogP contribution in [-0.4, -0.2) is 41.1 Å². The van der Waals surface area contributed by atoms with Gasteiger partial charge in [-0.05, 0) is 37.5 Å². The molecule has 5 nitrogen and oxygen atoms in total. The number of unbranched alkanes of at least 4 members (excludes halogenated alkanes) is 1. The van der Waals surface area contributed by atoms with Gasteiger partial charge < -0.3 is 14.8 Å². The third-order valence-corrected chi connectivity index (χ3v) is 3.94. The molecule has 2 aromatic rings. The lowest BCUT2D eigenvalue weighted by Crippen LogP contribution is -2.38. The van der Waals surface area contributed by atoms with Gasteiger partial charge in [0.05, 0.1) is 0 Å². The smallest absolute Gasteiger partial charge is 0.193 e. The number of aromatic nitrogens is 2. The maximum Gasteiger partial charge on any atom is 0.193 e. The molecule has 1 N–H and O–H groups in total. The Hall–Kier alpha value is -2.37. The maximum absolute atomic E-state index is 13.0. The molecule has 0 spiro atoms. The highest BCUT2D eigenvalue weighted by Crippen LogP contribution is 2.06. The number of halogens is 1. The van der Waals surface area contributed by atoms with E-state index in [1.807, 2.05) is 31.3 Å². The quantitative estimate of drug-likeness (QED) is 0.482. The fraction of sp³-hybridized carbons (Fsp3) is 0.444. The van der Waals surface area contributed by atoms with E-state index < -0.39 is 0 Å². The zero-order valence-corrected chi connectivity index (χ0v) is 14.7. The van der Waals surface area contributed by atoms with Crippen LogP contribution >= 0.6 is 0 Å². The number of rotatable bonds is 7. The summed E-state index contributed by atoms with van der Waals surface area (Å²) in [5.41, 5.74) is 1.05. The van der Waals surface area contributed by atoms with Crippen LogP contribution in [0.5, 0.6) is 0 Å². The number of hydrogen-bond acceptors (Lipinski definition) is 2. The molecule has 1 aromatic heterocycles. The molecule has 1 heterocycles. The molecule has 0 atom stereocenters. The number of aliphatic imine (C=N–C) groups is 1. The number of aryl methyl sites for hydroxylation is 2. The van der Waals surface area contributed by atoms with E-state index >= 15 is 0 Å². The fourth-order valence-electron chi connectivity index (χ4n) is 2.57. The molecule has 0 aliphatic carbocycles. The number of imidazole rings is 1. The fourth-order valence-corrected chi connectivity index (χ4v) is 2.57. The van der Waals surface area contributed by atoms with Crippen molar-refractivity contribution in [1.82, 2.24) is 19.8 Å². The van der Waals surface area contributed by atoms with Gasteiger partial charge in [0.1, 0.15) is 11.6 Å². The molecule has 1 aromatic carbocycles. The largest absolute Gasteiger partial charge is 0.356 e. The van der Waals surface area contributed by atoms with Gasteiger partial charge in [-0.2, -0.15) is 0 Å². The second kappa shape index (κ2) is 9.05. The Balaban J connectivity index is 1.71. The summed E-state index contributed by atoms with van der Waals surface area (Å²) in [7, 11) is 3.76. The van der Waals surface area contributed by atoms with Gasteiger partial charge in [0.2, 0.25) is 0 Å². The summed E-state index contributed by atoms with van der Waals surface area (Å²) in [6, 6.07) is 6.56. The van der Waals surface area contributed by atoms with E-state index in [1.165, 1.54) is 12.1 Å². The van der Waals surface area contributed by atoms with Gasteiger partial charge in [-0.1, -0.05) is 12.1 Å². The van der Waals surface area contributed by atoms with E-state index in [0.29, 0.717) is 6.54 Å². The molecule has 0 fully saturated rings. The molecule has 6 heteroatoms. The van der Waals surface area contributed by atoms with Crippen molar-refractivity contribution < 1.29 is 4.39 Å². The number of benzene rings is 1. The highest BCUT2D eigenvalue weighted by Gasteiger charge is 2.06. The standard InChI is InChI=1S/C18H26FN5/c1-15-21-11-13-24(15)12-5-4-10-22-18(20-2)23(3)14-16-6-8-17(19)9-7-16/h6-9,11,13H,4-5,10,12,14H2,1-3H3,(H,20,22). The zero-order chi connectivity index (χ0) is 17.4. The topological polar surface area (TPSA) is 45.5 Å². The van der Waals surface area contributed by atoms with E-state index in [2.05, 4.69) is 19.9 Å². The van der Waals surface area contributed by atoms with E-state index in [4.69, 9.17) is 0 Å². The summed E-state index contributed by atoms with van der Waals surface area (Å²) >= 11 is 0. The molecule has 0 aliphatic heterocycles. The number of guanidine groups is 1. The molecular formula is C18H26FN5. The molecule has 0 saturated heterocycles. The molecule has 24 heavy (non-hydrogen) atoms. The SMILES string of the molecule is CN=C(NCCCCn1ccnc1C)N(C)Cc1ccc(F)cc1. The van der Waals surface area contributed by atoms with Crippen molar-refractivity contribution in [3.63, 3.8) is 0 Å². The van der Waals surface area contributed by atoms with Crippen molar-refractivity contribution in [2.75, 3.05) is 20.6 Å². The first-order valence-electron chi connectivity index (χ1n) is 8.24. The Kier molecular flexibility index (Phi) is 6.78. The Labute approximate surface area is 143 Å². The first kappa shape index (κ1) is 18.0. The number of hydrogen-bond donors (Lipinski definition) is 1. The normalized spacial score (nSPS) is 11.6. The van der Waals surface area contributed by atoms with Crippen molar-refractivity contribution in [3.8, 4) is 0 Å². The van der Waals surface area contributed by atoms with Gasteiger partial charge in [0.15, 0.2) is 5.96 Å². The average Bonchev–Trinajstić information content (AvgIpc) is 2.98. The third-order valence-electron chi connectivity index (χ3n) is 3.94. The van der Waals surface area contributed by atoms with Crippen LogP contribution in [0.2, 0.25) is 0 Å².